The molecule has 1 heterocycles. The van der Waals surface area contributed by atoms with Crippen LogP contribution in [0.25, 0.3) is 0 Å². The van der Waals surface area contributed by atoms with Crippen LogP contribution < -0.4 is 0 Å². The molecule has 0 aromatic carbocycles. The SMILES string of the molecule is CC1=CC=C(C=O)OC1. The fraction of sp³-hybridized carbons (Fsp3) is 0.286. The molecule has 0 unspecified atom stereocenters. The summed E-state index contributed by atoms with van der Waals surface area (Å²) in [6, 6.07) is 0. The van der Waals surface area contributed by atoms with Crippen molar-refractivity contribution < 1.29 is 9.53 Å². The van der Waals surface area contributed by atoms with Gasteiger partial charge in [-0.1, -0.05) is 6.08 Å². The Morgan fingerprint density at radius 3 is 2.89 bits per heavy atom. The zero-order valence-corrected chi connectivity index (χ0v) is 5.26. The second kappa shape index (κ2) is 2.49. The zero-order valence-electron chi connectivity index (χ0n) is 5.26. The Labute approximate surface area is 53.8 Å². The van der Waals surface area contributed by atoms with Crippen molar-refractivity contribution in [1.29, 1.82) is 0 Å². The summed E-state index contributed by atoms with van der Waals surface area (Å²) in [6.07, 6.45) is 4.27. The highest BCUT2D eigenvalue weighted by atomic mass is 16.5. The van der Waals surface area contributed by atoms with Crippen LogP contribution in [0.5, 0.6) is 0 Å². The summed E-state index contributed by atoms with van der Waals surface area (Å²) in [4.78, 5) is 10.0. The molecular weight excluding hydrogens is 116 g/mol. The quantitative estimate of drug-likeness (QED) is 0.488. The lowest BCUT2D eigenvalue weighted by Gasteiger charge is -2.08. The van der Waals surface area contributed by atoms with Crippen molar-refractivity contribution in [1.82, 2.24) is 0 Å². The highest BCUT2D eigenvalue weighted by Crippen LogP contribution is 2.06. The van der Waals surface area contributed by atoms with Gasteiger partial charge in [-0.25, -0.2) is 0 Å². The van der Waals surface area contributed by atoms with E-state index in [1.165, 1.54) is 0 Å². The van der Waals surface area contributed by atoms with E-state index in [-0.39, 0.29) is 0 Å². The third-order valence-electron chi connectivity index (χ3n) is 1.11. The first-order valence-electron chi connectivity index (χ1n) is 2.78. The van der Waals surface area contributed by atoms with Gasteiger partial charge in [0.05, 0.1) is 0 Å². The summed E-state index contributed by atoms with van der Waals surface area (Å²) in [5, 5.41) is 0. The molecule has 48 valence electrons. The topological polar surface area (TPSA) is 26.3 Å². The first-order chi connectivity index (χ1) is 4.33. The number of carbonyl (C=O) groups excluding carboxylic acids is 1. The van der Waals surface area contributed by atoms with E-state index in [2.05, 4.69) is 0 Å². The summed E-state index contributed by atoms with van der Waals surface area (Å²) in [6.45, 7) is 2.50. The smallest absolute Gasteiger partial charge is 0.184 e. The molecule has 0 aromatic heterocycles. The minimum atomic E-state index is 0.417. The molecular formula is C7H8O2. The molecule has 0 amide bonds. The predicted octanol–water partition coefficient (Wildman–Crippen LogP) is 1.05. The van der Waals surface area contributed by atoms with E-state index in [9.17, 15) is 4.79 Å². The molecule has 0 radical (unpaired) electrons. The number of hydrogen-bond acceptors (Lipinski definition) is 2. The Morgan fingerprint density at radius 2 is 2.44 bits per heavy atom. The molecule has 2 heteroatoms. The molecule has 1 rings (SSSR count). The Kier molecular flexibility index (Phi) is 1.68. The van der Waals surface area contributed by atoms with Crippen LogP contribution in [0.15, 0.2) is 23.5 Å². The third kappa shape index (κ3) is 1.42. The van der Waals surface area contributed by atoms with Crippen molar-refractivity contribution in [3.63, 3.8) is 0 Å². The second-order valence-electron chi connectivity index (χ2n) is 1.99. The maximum atomic E-state index is 10.0. The third-order valence-corrected chi connectivity index (χ3v) is 1.11. The molecule has 0 aliphatic carbocycles. The van der Waals surface area contributed by atoms with E-state index >= 15 is 0 Å². The van der Waals surface area contributed by atoms with Gasteiger partial charge >= 0.3 is 0 Å². The van der Waals surface area contributed by atoms with Crippen LogP contribution in [0.2, 0.25) is 0 Å². The Bertz CT molecular complexity index is 177. The van der Waals surface area contributed by atoms with Crippen molar-refractivity contribution >= 4 is 6.29 Å². The monoisotopic (exact) mass is 124 g/mol. The molecule has 1 aliphatic rings. The van der Waals surface area contributed by atoms with E-state index in [1.807, 2.05) is 13.0 Å². The minimum absolute atomic E-state index is 0.417. The predicted molar refractivity (Wildman–Crippen MR) is 33.9 cm³/mol. The van der Waals surface area contributed by atoms with Crippen LogP contribution in [-0.4, -0.2) is 12.9 Å². The van der Waals surface area contributed by atoms with Gasteiger partial charge in [-0.2, -0.15) is 0 Å². The molecule has 0 aromatic rings. The fourth-order valence-electron chi connectivity index (χ4n) is 0.591. The lowest BCUT2D eigenvalue weighted by atomic mass is 10.2. The molecule has 0 saturated heterocycles. The number of allylic oxidation sites excluding steroid dienone is 3. The van der Waals surface area contributed by atoms with Gasteiger partial charge in [-0.3, -0.25) is 4.79 Å². The summed E-state index contributed by atoms with van der Waals surface area (Å²) < 4.78 is 4.96. The Balaban J connectivity index is 2.69. The molecule has 0 atom stereocenters. The van der Waals surface area contributed by atoms with Crippen LogP contribution in [-0.2, 0) is 9.53 Å². The van der Waals surface area contributed by atoms with Gasteiger partial charge in [0, 0.05) is 0 Å². The van der Waals surface area contributed by atoms with E-state index in [0.29, 0.717) is 18.7 Å². The van der Waals surface area contributed by atoms with Gasteiger partial charge in [0.15, 0.2) is 12.0 Å². The lowest BCUT2D eigenvalue weighted by molar-refractivity contribution is -0.107. The van der Waals surface area contributed by atoms with Crippen LogP contribution in [0.1, 0.15) is 6.92 Å². The lowest BCUT2D eigenvalue weighted by Crippen LogP contribution is -2.01. The maximum Gasteiger partial charge on any atom is 0.184 e. The number of ether oxygens (including phenoxy) is 1. The van der Waals surface area contributed by atoms with Crippen LogP contribution in [0.4, 0.5) is 0 Å². The fourth-order valence-corrected chi connectivity index (χ4v) is 0.591. The second-order valence-corrected chi connectivity index (χ2v) is 1.99. The summed E-state index contributed by atoms with van der Waals surface area (Å²) >= 11 is 0. The number of rotatable bonds is 1. The zero-order chi connectivity index (χ0) is 6.69. The van der Waals surface area contributed by atoms with Gasteiger partial charge < -0.3 is 4.74 Å². The van der Waals surface area contributed by atoms with Gasteiger partial charge in [-0.15, -0.1) is 0 Å². The van der Waals surface area contributed by atoms with Gasteiger partial charge in [0.1, 0.15) is 6.61 Å². The first kappa shape index (κ1) is 6.08. The molecule has 9 heavy (non-hydrogen) atoms. The number of carbonyl (C=O) groups is 1. The average Bonchev–Trinajstić information content (AvgIpc) is 1.90. The summed E-state index contributed by atoms with van der Waals surface area (Å²) in [5.41, 5.74) is 1.14. The van der Waals surface area contributed by atoms with Gasteiger partial charge in [-0.05, 0) is 18.6 Å². The van der Waals surface area contributed by atoms with Crippen molar-refractivity contribution in [3.05, 3.63) is 23.5 Å². The van der Waals surface area contributed by atoms with Crippen molar-refractivity contribution in [2.24, 2.45) is 0 Å². The normalized spacial score (nSPS) is 17.4. The summed E-state index contributed by atoms with van der Waals surface area (Å²) in [5.74, 6) is 0.417. The van der Waals surface area contributed by atoms with Crippen LogP contribution in [0, 0.1) is 0 Å². The van der Waals surface area contributed by atoms with E-state index in [0.717, 1.165) is 5.57 Å². The molecule has 0 spiro atoms. The van der Waals surface area contributed by atoms with Crippen molar-refractivity contribution in [3.8, 4) is 0 Å². The molecule has 2 nitrogen and oxygen atoms in total. The van der Waals surface area contributed by atoms with Crippen molar-refractivity contribution in [2.45, 2.75) is 6.92 Å². The van der Waals surface area contributed by atoms with E-state index in [1.54, 1.807) is 6.08 Å². The first-order valence-corrected chi connectivity index (χ1v) is 2.78. The highest BCUT2D eigenvalue weighted by Gasteiger charge is 1.99. The molecule has 0 saturated carbocycles. The van der Waals surface area contributed by atoms with E-state index < -0.39 is 0 Å². The Hall–Kier alpha value is -1.05. The number of hydrogen-bond donors (Lipinski definition) is 0. The molecule has 1 aliphatic heterocycles. The largest absolute Gasteiger partial charge is 0.486 e. The van der Waals surface area contributed by atoms with Gasteiger partial charge in [0.25, 0.3) is 0 Å². The average molecular weight is 124 g/mol. The standard InChI is InChI=1S/C7H8O2/c1-6-2-3-7(4-8)9-5-6/h2-4H,5H2,1H3. The van der Waals surface area contributed by atoms with Crippen LogP contribution in [0.3, 0.4) is 0 Å². The van der Waals surface area contributed by atoms with Crippen molar-refractivity contribution in [2.75, 3.05) is 6.61 Å². The van der Waals surface area contributed by atoms with Gasteiger partial charge in [0.2, 0.25) is 0 Å². The molecule has 0 fully saturated rings. The molecule has 0 bridgehead atoms. The maximum absolute atomic E-state index is 10.0. The molecule has 0 N–H and O–H groups in total. The number of aldehydes is 1. The Morgan fingerprint density at radius 1 is 1.67 bits per heavy atom. The minimum Gasteiger partial charge on any atom is -0.486 e. The van der Waals surface area contributed by atoms with E-state index in [4.69, 9.17) is 4.74 Å². The van der Waals surface area contributed by atoms with Crippen LogP contribution >= 0.6 is 0 Å². The highest BCUT2D eigenvalue weighted by molar-refractivity contribution is 5.71. The summed E-state index contributed by atoms with van der Waals surface area (Å²) in [7, 11) is 0.